The van der Waals surface area contributed by atoms with Crippen LogP contribution in [0.4, 0.5) is 23.4 Å². The highest BCUT2D eigenvalue weighted by molar-refractivity contribution is 6.31. The van der Waals surface area contributed by atoms with E-state index in [0.29, 0.717) is 21.6 Å². The largest absolute Gasteiger partial charge is 0.405 e. The Morgan fingerprint density at radius 1 is 1.26 bits per heavy atom. The van der Waals surface area contributed by atoms with Crippen molar-refractivity contribution in [3.63, 3.8) is 0 Å². The number of aromatic amines is 1. The van der Waals surface area contributed by atoms with Gasteiger partial charge in [0, 0.05) is 23.3 Å². The van der Waals surface area contributed by atoms with Crippen molar-refractivity contribution in [3.8, 4) is 11.4 Å². The first kappa shape index (κ1) is 22.7. The Hall–Kier alpha value is -2.95. The Morgan fingerprint density at radius 2 is 2.00 bits per heavy atom. The van der Waals surface area contributed by atoms with Crippen molar-refractivity contribution in [2.75, 3.05) is 11.9 Å². The first-order valence-corrected chi connectivity index (χ1v) is 9.68. The lowest BCUT2D eigenvalue weighted by atomic mass is 10.0. The van der Waals surface area contributed by atoms with Gasteiger partial charge in [-0.15, -0.1) is 0 Å². The second kappa shape index (κ2) is 9.04. The lowest BCUT2D eigenvalue weighted by molar-refractivity contribution is -0.139. The van der Waals surface area contributed by atoms with Crippen LogP contribution in [0.3, 0.4) is 0 Å². The van der Waals surface area contributed by atoms with E-state index in [4.69, 9.17) is 11.6 Å². The highest BCUT2D eigenvalue weighted by Gasteiger charge is 2.30. The molecule has 3 heterocycles. The van der Waals surface area contributed by atoms with Crippen LogP contribution in [0.2, 0.25) is 5.02 Å². The van der Waals surface area contributed by atoms with Crippen molar-refractivity contribution < 1.29 is 22.4 Å². The molecule has 0 aliphatic rings. The Labute approximate surface area is 179 Å². The minimum Gasteiger partial charge on any atom is -0.356 e. The summed E-state index contributed by atoms with van der Waals surface area (Å²) in [5.41, 5.74) is 1.01. The number of halogens is 5. The average Bonchev–Trinajstić information content (AvgIpc) is 3.09. The summed E-state index contributed by atoms with van der Waals surface area (Å²) in [5, 5.41) is 5.42. The maximum atomic E-state index is 14.4. The third-order valence-corrected chi connectivity index (χ3v) is 4.49. The molecular weight excluding hydrogens is 440 g/mol. The maximum absolute atomic E-state index is 14.4. The summed E-state index contributed by atoms with van der Waals surface area (Å²) < 4.78 is 51.8. The van der Waals surface area contributed by atoms with E-state index in [1.54, 1.807) is 26.1 Å². The van der Waals surface area contributed by atoms with Crippen molar-refractivity contribution in [1.29, 1.82) is 0 Å². The van der Waals surface area contributed by atoms with E-state index in [-0.39, 0.29) is 24.0 Å². The Bertz CT molecular complexity index is 1080. The third-order valence-electron chi connectivity index (χ3n) is 4.28. The first-order valence-electron chi connectivity index (χ1n) is 9.30. The van der Waals surface area contributed by atoms with E-state index in [9.17, 15) is 22.4 Å². The third kappa shape index (κ3) is 5.81. The van der Waals surface area contributed by atoms with Gasteiger partial charge in [-0.05, 0) is 18.4 Å². The van der Waals surface area contributed by atoms with Crippen molar-refractivity contribution in [2.24, 2.45) is 5.92 Å². The molecule has 0 bridgehead atoms. The lowest BCUT2D eigenvalue weighted by Gasteiger charge is -2.21. The number of carbonyl (C=O) groups excluding carboxylic acids is 1. The summed E-state index contributed by atoms with van der Waals surface area (Å²) in [6, 6.07) is 0.514. The van der Waals surface area contributed by atoms with Crippen LogP contribution >= 0.6 is 11.6 Å². The van der Waals surface area contributed by atoms with Crippen LogP contribution in [0.25, 0.3) is 22.4 Å². The molecular formula is C19H19ClF4N6O. The molecule has 0 saturated heterocycles. The molecule has 7 nitrogen and oxygen atoms in total. The van der Waals surface area contributed by atoms with Gasteiger partial charge in [-0.1, -0.05) is 25.4 Å². The number of amides is 1. The zero-order chi connectivity index (χ0) is 22.8. The van der Waals surface area contributed by atoms with Crippen LogP contribution < -0.4 is 10.6 Å². The number of alkyl halides is 3. The molecule has 0 radical (unpaired) electrons. The second-order valence-electron chi connectivity index (χ2n) is 7.30. The number of nitrogens with one attached hydrogen (secondary N) is 3. The number of anilines is 1. The highest BCUT2D eigenvalue weighted by atomic mass is 35.5. The zero-order valence-corrected chi connectivity index (χ0v) is 17.3. The molecule has 0 aliphatic heterocycles. The molecule has 3 aromatic rings. The van der Waals surface area contributed by atoms with Crippen LogP contribution in [0, 0.1) is 11.7 Å². The predicted octanol–water partition coefficient (Wildman–Crippen LogP) is 4.32. The Balaban J connectivity index is 1.90. The molecule has 12 heteroatoms. The fraction of sp³-hybridized carbons (Fsp3) is 0.368. The van der Waals surface area contributed by atoms with Crippen LogP contribution in [-0.2, 0) is 4.79 Å². The molecule has 31 heavy (non-hydrogen) atoms. The molecule has 166 valence electrons. The smallest absolute Gasteiger partial charge is 0.356 e. The fourth-order valence-electron chi connectivity index (χ4n) is 2.94. The molecule has 0 saturated carbocycles. The van der Waals surface area contributed by atoms with Gasteiger partial charge in [0.2, 0.25) is 5.91 Å². The number of aromatic nitrogens is 4. The average molecular weight is 459 g/mol. The molecule has 0 spiro atoms. The summed E-state index contributed by atoms with van der Waals surface area (Å²) in [4.78, 5) is 27.5. The van der Waals surface area contributed by atoms with Crippen molar-refractivity contribution >= 4 is 34.4 Å². The topological polar surface area (TPSA) is 95.6 Å². The van der Waals surface area contributed by atoms with E-state index in [1.807, 2.05) is 5.32 Å². The van der Waals surface area contributed by atoms with Gasteiger partial charge in [0.05, 0.1) is 11.2 Å². The van der Waals surface area contributed by atoms with Crippen LogP contribution in [0.15, 0.2) is 24.7 Å². The normalized spacial score (nSPS) is 12.9. The van der Waals surface area contributed by atoms with E-state index < -0.39 is 30.5 Å². The van der Waals surface area contributed by atoms with Gasteiger partial charge in [0.25, 0.3) is 0 Å². The number of nitrogens with zero attached hydrogens (tertiary/aromatic N) is 3. The maximum Gasteiger partial charge on any atom is 0.405 e. The van der Waals surface area contributed by atoms with Gasteiger partial charge < -0.3 is 15.6 Å². The lowest BCUT2D eigenvalue weighted by Crippen LogP contribution is -2.44. The predicted molar refractivity (Wildman–Crippen MR) is 108 cm³/mol. The van der Waals surface area contributed by atoms with Crippen molar-refractivity contribution in [2.45, 2.75) is 32.5 Å². The summed E-state index contributed by atoms with van der Waals surface area (Å²) >= 11 is 5.99. The van der Waals surface area contributed by atoms with Gasteiger partial charge in [0.1, 0.15) is 18.2 Å². The van der Waals surface area contributed by atoms with Gasteiger partial charge in [-0.2, -0.15) is 13.2 Å². The number of hydrogen-bond acceptors (Lipinski definition) is 5. The van der Waals surface area contributed by atoms with E-state index in [1.165, 1.54) is 6.20 Å². The first-order chi connectivity index (χ1) is 14.5. The van der Waals surface area contributed by atoms with E-state index in [0.717, 1.165) is 6.20 Å². The number of pyridine rings is 1. The molecule has 3 N–H and O–H groups in total. The molecule has 1 atom stereocenters. The number of hydrogen-bond donors (Lipinski definition) is 3. The molecule has 3 aromatic heterocycles. The molecule has 3 rings (SSSR count). The second-order valence-corrected chi connectivity index (χ2v) is 7.74. The monoisotopic (exact) mass is 458 g/mol. The minimum atomic E-state index is -4.56. The highest BCUT2D eigenvalue weighted by Crippen LogP contribution is 2.28. The summed E-state index contributed by atoms with van der Waals surface area (Å²) in [5.74, 6) is -1.99. The van der Waals surface area contributed by atoms with Gasteiger partial charge in [-0.3, -0.25) is 4.79 Å². The van der Waals surface area contributed by atoms with Crippen LogP contribution in [-0.4, -0.2) is 44.6 Å². The van der Waals surface area contributed by atoms with Crippen molar-refractivity contribution in [1.82, 2.24) is 25.3 Å². The fourth-order valence-corrected chi connectivity index (χ4v) is 3.10. The van der Waals surface area contributed by atoms with E-state index >= 15 is 0 Å². The number of H-pyrrole nitrogens is 1. The molecule has 0 aliphatic carbocycles. The number of carbonyl (C=O) groups is 1. The summed E-state index contributed by atoms with van der Waals surface area (Å²) in [7, 11) is 0. The standard InChI is InChI=1S/C19H19ClF4N6O/c1-9(2)3-14(18(31)28-8-19(22,23)24)29-17-13(21)7-27-16(30-17)12-6-26-15-11(12)4-10(20)5-25-15/h4-7,9,14H,3,8H2,1-2H3,(H,25,26)(H,28,31)(H,27,29,30)/t14-/m1/s1. The summed E-state index contributed by atoms with van der Waals surface area (Å²) in [6.07, 6.45) is -0.446. The Kier molecular flexibility index (Phi) is 6.63. The molecule has 0 fully saturated rings. The Morgan fingerprint density at radius 3 is 2.68 bits per heavy atom. The van der Waals surface area contributed by atoms with Crippen molar-refractivity contribution in [3.05, 3.63) is 35.5 Å². The quantitative estimate of drug-likeness (QED) is 0.458. The zero-order valence-electron chi connectivity index (χ0n) is 16.5. The molecule has 0 aromatic carbocycles. The van der Waals surface area contributed by atoms with E-state index in [2.05, 4.69) is 25.3 Å². The van der Waals surface area contributed by atoms with Gasteiger partial charge >= 0.3 is 6.18 Å². The van der Waals surface area contributed by atoms with Crippen LogP contribution in [0.1, 0.15) is 20.3 Å². The van der Waals surface area contributed by atoms with Gasteiger partial charge in [-0.25, -0.2) is 19.3 Å². The number of fused-ring (bicyclic) bond motifs is 1. The SMILES string of the molecule is CC(C)C[C@@H](Nc1nc(-c2c[nH]c3ncc(Cl)cc23)ncc1F)C(=O)NCC(F)(F)F. The minimum absolute atomic E-state index is 0.0552. The molecule has 0 unspecified atom stereocenters. The van der Waals surface area contributed by atoms with Crippen LogP contribution in [0.5, 0.6) is 0 Å². The number of rotatable bonds is 7. The summed E-state index contributed by atoms with van der Waals surface area (Å²) in [6.45, 7) is 2.09. The van der Waals surface area contributed by atoms with Gasteiger partial charge in [0.15, 0.2) is 17.5 Å². The molecule has 1 amide bonds.